The summed E-state index contributed by atoms with van der Waals surface area (Å²) in [5.74, 6) is 4.32. The summed E-state index contributed by atoms with van der Waals surface area (Å²) in [5, 5.41) is 3.62. The van der Waals surface area contributed by atoms with Crippen LogP contribution in [0.1, 0.15) is 25.6 Å². The van der Waals surface area contributed by atoms with E-state index in [0.717, 1.165) is 11.7 Å². The van der Waals surface area contributed by atoms with Gasteiger partial charge in [0.2, 0.25) is 0 Å². The Morgan fingerprint density at radius 3 is 3.00 bits per heavy atom. The van der Waals surface area contributed by atoms with Crippen molar-refractivity contribution >= 4 is 11.8 Å². The Hall–Kier alpha value is -0.410. The first kappa shape index (κ1) is 10.1. The Morgan fingerprint density at radius 2 is 2.43 bits per heavy atom. The minimum atomic E-state index is 0.330. The smallest absolute Gasteiger partial charge is 0.120 e. The fraction of sp³-hybridized carbons (Fsp3) is 0.636. The Balaban J connectivity index is 1.91. The van der Waals surface area contributed by atoms with Gasteiger partial charge in [-0.3, -0.25) is 0 Å². The molecular formula is C11H17NOS. The van der Waals surface area contributed by atoms with Gasteiger partial charge in [0.1, 0.15) is 5.76 Å². The molecule has 1 saturated heterocycles. The Kier molecular flexibility index (Phi) is 3.19. The van der Waals surface area contributed by atoms with E-state index in [9.17, 15) is 0 Å². The molecule has 14 heavy (non-hydrogen) atoms. The lowest BCUT2D eigenvalue weighted by Crippen LogP contribution is -2.35. The highest BCUT2D eigenvalue weighted by molar-refractivity contribution is 7.99. The highest BCUT2D eigenvalue weighted by Gasteiger charge is 2.25. The largest absolute Gasteiger partial charge is 0.468 e. The van der Waals surface area contributed by atoms with Crippen LogP contribution in [0.4, 0.5) is 0 Å². The molecule has 2 rings (SSSR count). The molecule has 0 aromatic carbocycles. The number of nitrogens with one attached hydrogen (secondary N) is 1. The maximum absolute atomic E-state index is 5.37. The second kappa shape index (κ2) is 4.41. The molecule has 0 aliphatic carbocycles. The molecule has 78 valence electrons. The van der Waals surface area contributed by atoms with E-state index in [1.165, 1.54) is 11.5 Å². The van der Waals surface area contributed by atoms with E-state index >= 15 is 0 Å². The van der Waals surface area contributed by atoms with Gasteiger partial charge in [0, 0.05) is 11.8 Å². The van der Waals surface area contributed by atoms with Crippen LogP contribution in [-0.4, -0.2) is 17.5 Å². The van der Waals surface area contributed by atoms with Gasteiger partial charge >= 0.3 is 0 Å². The molecule has 3 atom stereocenters. The van der Waals surface area contributed by atoms with Crippen LogP contribution < -0.4 is 5.32 Å². The normalized spacial score (nSPS) is 29.3. The van der Waals surface area contributed by atoms with Gasteiger partial charge in [-0.2, -0.15) is 11.8 Å². The summed E-state index contributed by atoms with van der Waals surface area (Å²) in [5.41, 5.74) is 0. The third-order valence-electron chi connectivity index (χ3n) is 2.80. The first-order valence-electron chi connectivity index (χ1n) is 5.14. The van der Waals surface area contributed by atoms with E-state index < -0.39 is 0 Å². The van der Waals surface area contributed by atoms with Crippen molar-refractivity contribution < 1.29 is 4.42 Å². The predicted molar refractivity (Wildman–Crippen MR) is 60.5 cm³/mol. The van der Waals surface area contributed by atoms with Gasteiger partial charge in [0.05, 0.1) is 12.3 Å². The summed E-state index contributed by atoms with van der Waals surface area (Å²) in [6, 6.07) is 4.95. The molecule has 2 nitrogen and oxygen atoms in total. The number of hydrogen-bond acceptors (Lipinski definition) is 3. The lowest BCUT2D eigenvalue weighted by molar-refractivity contribution is 0.365. The van der Waals surface area contributed by atoms with Crippen molar-refractivity contribution in [2.24, 2.45) is 5.92 Å². The maximum atomic E-state index is 5.37. The van der Waals surface area contributed by atoms with E-state index in [0.29, 0.717) is 12.1 Å². The van der Waals surface area contributed by atoms with Crippen molar-refractivity contribution in [2.45, 2.75) is 25.9 Å². The molecule has 1 aromatic heterocycles. The summed E-state index contributed by atoms with van der Waals surface area (Å²) >= 11 is 2.04. The summed E-state index contributed by atoms with van der Waals surface area (Å²) in [7, 11) is 0. The van der Waals surface area contributed by atoms with Gasteiger partial charge in [-0.05, 0) is 30.7 Å². The molecule has 0 bridgehead atoms. The summed E-state index contributed by atoms with van der Waals surface area (Å²) in [4.78, 5) is 0. The van der Waals surface area contributed by atoms with E-state index in [1.54, 1.807) is 6.26 Å². The van der Waals surface area contributed by atoms with Crippen molar-refractivity contribution in [3.05, 3.63) is 24.2 Å². The van der Waals surface area contributed by atoms with Crippen LogP contribution in [0.5, 0.6) is 0 Å². The number of furan rings is 1. The number of rotatable bonds is 3. The zero-order valence-corrected chi connectivity index (χ0v) is 9.51. The topological polar surface area (TPSA) is 25.2 Å². The highest BCUT2D eigenvalue weighted by atomic mass is 32.2. The van der Waals surface area contributed by atoms with Crippen molar-refractivity contribution in [2.75, 3.05) is 11.5 Å². The summed E-state index contributed by atoms with van der Waals surface area (Å²) in [6.07, 6.45) is 1.74. The fourth-order valence-corrected chi connectivity index (χ4v) is 3.23. The molecule has 0 radical (unpaired) electrons. The minimum Gasteiger partial charge on any atom is -0.468 e. The Morgan fingerprint density at radius 1 is 1.57 bits per heavy atom. The molecule has 1 aliphatic rings. The molecule has 3 heteroatoms. The lowest BCUT2D eigenvalue weighted by Gasteiger charge is -2.20. The third-order valence-corrected chi connectivity index (χ3v) is 4.16. The van der Waals surface area contributed by atoms with E-state index in [2.05, 4.69) is 19.2 Å². The van der Waals surface area contributed by atoms with Crippen molar-refractivity contribution in [3.8, 4) is 0 Å². The van der Waals surface area contributed by atoms with Crippen LogP contribution in [0.2, 0.25) is 0 Å². The first-order valence-corrected chi connectivity index (χ1v) is 6.30. The third kappa shape index (κ3) is 2.15. The molecule has 0 saturated carbocycles. The molecule has 0 spiro atoms. The maximum Gasteiger partial charge on any atom is 0.120 e. The van der Waals surface area contributed by atoms with Crippen molar-refractivity contribution in [3.63, 3.8) is 0 Å². The van der Waals surface area contributed by atoms with E-state index in [4.69, 9.17) is 4.42 Å². The second-order valence-corrected chi connectivity index (χ2v) is 5.10. The lowest BCUT2D eigenvalue weighted by atomic mass is 10.1. The number of hydrogen-bond donors (Lipinski definition) is 1. The Labute approximate surface area is 89.4 Å². The van der Waals surface area contributed by atoms with Gasteiger partial charge < -0.3 is 9.73 Å². The SMILES string of the molecule is CC1CSCC1N[C@H](C)c1ccco1. The molecule has 2 heterocycles. The molecule has 1 fully saturated rings. The quantitative estimate of drug-likeness (QED) is 0.832. The first-order chi connectivity index (χ1) is 6.77. The Bertz CT molecular complexity index is 273. The van der Waals surface area contributed by atoms with Gasteiger partial charge in [-0.1, -0.05) is 6.92 Å². The predicted octanol–water partition coefficient (Wildman–Crippen LogP) is 2.68. The average molecular weight is 211 g/mol. The van der Waals surface area contributed by atoms with Crippen LogP contribution in [0.3, 0.4) is 0 Å². The molecule has 1 aliphatic heterocycles. The summed E-state index contributed by atoms with van der Waals surface area (Å²) < 4.78 is 5.37. The van der Waals surface area contributed by atoms with Crippen LogP contribution in [0, 0.1) is 5.92 Å². The van der Waals surface area contributed by atoms with Gasteiger partial charge in [0.25, 0.3) is 0 Å². The molecule has 0 amide bonds. The number of thioether (sulfide) groups is 1. The van der Waals surface area contributed by atoms with E-state index in [-0.39, 0.29) is 0 Å². The standard InChI is InChI=1S/C11H17NOS/c1-8-6-14-7-10(8)12-9(2)11-4-3-5-13-11/h3-5,8-10,12H,6-7H2,1-2H3/t8?,9-,10?/m1/s1. The molecule has 1 N–H and O–H groups in total. The van der Waals surface area contributed by atoms with Gasteiger partial charge in [-0.15, -0.1) is 0 Å². The second-order valence-electron chi connectivity index (χ2n) is 4.03. The van der Waals surface area contributed by atoms with Crippen molar-refractivity contribution in [1.29, 1.82) is 0 Å². The highest BCUT2D eigenvalue weighted by Crippen LogP contribution is 2.26. The van der Waals surface area contributed by atoms with Crippen LogP contribution in [0.25, 0.3) is 0 Å². The fourth-order valence-electron chi connectivity index (χ4n) is 1.81. The summed E-state index contributed by atoms with van der Waals surface area (Å²) in [6.45, 7) is 4.47. The molecule has 1 aromatic rings. The minimum absolute atomic E-state index is 0.330. The zero-order valence-electron chi connectivity index (χ0n) is 8.69. The molecular weight excluding hydrogens is 194 g/mol. The van der Waals surface area contributed by atoms with Crippen molar-refractivity contribution in [1.82, 2.24) is 5.32 Å². The van der Waals surface area contributed by atoms with Gasteiger partial charge in [-0.25, -0.2) is 0 Å². The van der Waals surface area contributed by atoms with Crippen LogP contribution in [-0.2, 0) is 0 Å². The van der Waals surface area contributed by atoms with Gasteiger partial charge in [0.15, 0.2) is 0 Å². The monoisotopic (exact) mass is 211 g/mol. The van der Waals surface area contributed by atoms with E-state index in [1.807, 2.05) is 23.9 Å². The zero-order chi connectivity index (χ0) is 9.97. The average Bonchev–Trinajstić information content (AvgIpc) is 2.77. The van der Waals surface area contributed by atoms with Crippen LogP contribution >= 0.6 is 11.8 Å². The molecule has 2 unspecified atom stereocenters. The van der Waals surface area contributed by atoms with Crippen LogP contribution in [0.15, 0.2) is 22.8 Å².